The van der Waals surface area contributed by atoms with Crippen LogP contribution < -0.4 is 16.0 Å². The van der Waals surface area contributed by atoms with Crippen molar-refractivity contribution in [2.24, 2.45) is 10.7 Å². The average Bonchev–Trinajstić information content (AvgIpc) is 2.71. The highest BCUT2D eigenvalue weighted by atomic mass is 127. The van der Waals surface area contributed by atoms with Crippen molar-refractivity contribution in [2.45, 2.75) is 20.4 Å². The van der Waals surface area contributed by atoms with Crippen LogP contribution >= 0.6 is 24.0 Å². The number of amides is 1. The molecular weight excluding hydrogens is 477 g/mol. The van der Waals surface area contributed by atoms with Gasteiger partial charge < -0.3 is 20.9 Å². The van der Waals surface area contributed by atoms with Gasteiger partial charge in [-0.25, -0.2) is 0 Å². The molecule has 0 saturated carbocycles. The molecule has 1 heterocycles. The number of primary amides is 1. The molecule has 29 heavy (non-hydrogen) atoms. The lowest BCUT2D eigenvalue weighted by molar-refractivity contribution is 0.100. The second kappa shape index (κ2) is 10.5. The molecule has 0 radical (unpaired) electrons. The van der Waals surface area contributed by atoms with Crippen molar-refractivity contribution < 1.29 is 4.79 Å². The van der Waals surface area contributed by atoms with Crippen LogP contribution in [0, 0.1) is 13.8 Å². The molecule has 6 nitrogen and oxygen atoms in total. The number of aliphatic imine (C=N–C) groups is 1. The number of nitrogens with zero attached hydrogens (tertiary/aromatic N) is 3. The largest absolute Gasteiger partial charge is 0.368 e. The van der Waals surface area contributed by atoms with Crippen LogP contribution in [0.25, 0.3) is 0 Å². The number of hydrogen-bond acceptors (Lipinski definition) is 3. The van der Waals surface area contributed by atoms with E-state index in [9.17, 15) is 4.79 Å². The number of hydrogen-bond donors (Lipinski definition) is 2. The fourth-order valence-corrected chi connectivity index (χ4v) is 3.54. The van der Waals surface area contributed by atoms with Gasteiger partial charge in [-0.15, -0.1) is 24.0 Å². The average molecular weight is 507 g/mol. The molecule has 1 saturated heterocycles. The Bertz CT molecular complexity index is 858. The van der Waals surface area contributed by atoms with Gasteiger partial charge in [0.25, 0.3) is 0 Å². The number of anilines is 1. The van der Waals surface area contributed by atoms with Gasteiger partial charge in [0.2, 0.25) is 5.91 Å². The van der Waals surface area contributed by atoms with E-state index in [0.717, 1.165) is 37.7 Å². The van der Waals surface area contributed by atoms with Crippen LogP contribution in [0.4, 0.5) is 5.69 Å². The summed E-state index contributed by atoms with van der Waals surface area (Å²) >= 11 is 0. The summed E-state index contributed by atoms with van der Waals surface area (Å²) in [5, 5.41) is 3.42. The third kappa shape index (κ3) is 5.62. The molecule has 3 rings (SSSR count). The van der Waals surface area contributed by atoms with Gasteiger partial charge in [-0.1, -0.05) is 24.3 Å². The number of carbonyl (C=O) groups excluding carboxylic acids is 1. The zero-order chi connectivity index (χ0) is 20.1. The van der Waals surface area contributed by atoms with Gasteiger partial charge in [0.05, 0.1) is 0 Å². The van der Waals surface area contributed by atoms with Crippen LogP contribution in [0.5, 0.6) is 0 Å². The molecule has 0 spiro atoms. The summed E-state index contributed by atoms with van der Waals surface area (Å²) in [6.07, 6.45) is 0. The summed E-state index contributed by atoms with van der Waals surface area (Å²) in [6, 6.07) is 13.8. The zero-order valence-corrected chi connectivity index (χ0v) is 19.6. The summed E-state index contributed by atoms with van der Waals surface area (Å²) in [5.41, 5.74) is 10.9. The number of rotatable bonds is 4. The maximum absolute atomic E-state index is 11.2. The second-order valence-electron chi connectivity index (χ2n) is 7.16. The predicted octanol–water partition coefficient (Wildman–Crippen LogP) is 2.92. The topological polar surface area (TPSA) is 74.0 Å². The maximum atomic E-state index is 11.2. The molecule has 1 aliphatic rings. The number of guanidine groups is 1. The molecule has 2 aromatic rings. The van der Waals surface area contributed by atoms with Gasteiger partial charge >= 0.3 is 0 Å². The SMILES string of the molecule is CN=C(NCc1ccc(C(N)=O)cc1)N1CCN(c2cccc(C)c2C)CC1.I. The van der Waals surface area contributed by atoms with Crippen LogP contribution in [-0.2, 0) is 6.54 Å². The lowest BCUT2D eigenvalue weighted by atomic mass is 10.1. The third-order valence-corrected chi connectivity index (χ3v) is 5.40. The highest BCUT2D eigenvalue weighted by Crippen LogP contribution is 2.23. The summed E-state index contributed by atoms with van der Waals surface area (Å²) < 4.78 is 0. The normalized spacial score (nSPS) is 14.4. The summed E-state index contributed by atoms with van der Waals surface area (Å²) in [6.45, 7) is 8.80. The van der Waals surface area contributed by atoms with E-state index in [2.05, 4.69) is 52.2 Å². The van der Waals surface area contributed by atoms with E-state index in [0.29, 0.717) is 12.1 Å². The fraction of sp³-hybridized carbons (Fsp3) is 0.364. The summed E-state index contributed by atoms with van der Waals surface area (Å²) in [4.78, 5) is 20.4. The van der Waals surface area contributed by atoms with Gasteiger partial charge in [-0.2, -0.15) is 0 Å². The lowest BCUT2D eigenvalue weighted by Crippen LogP contribution is -2.52. The van der Waals surface area contributed by atoms with E-state index in [-0.39, 0.29) is 24.0 Å². The molecule has 156 valence electrons. The molecular formula is C22H30IN5O. The van der Waals surface area contributed by atoms with Crippen molar-refractivity contribution in [3.05, 3.63) is 64.7 Å². The molecule has 3 N–H and O–H groups in total. The van der Waals surface area contributed by atoms with E-state index in [4.69, 9.17) is 5.73 Å². The molecule has 0 aromatic heterocycles. The van der Waals surface area contributed by atoms with Gasteiger partial charge in [0.15, 0.2) is 5.96 Å². The Balaban J connectivity index is 0.00000300. The highest BCUT2D eigenvalue weighted by Gasteiger charge is 2.21. The number of aryl methyl sites for hydroxylation is 1. The first kappa shape index (κ1) is 23.0. The van der Waals surface area contributed by atoms with Crippen LogP contribution in [-0.4, -0.2) is 50.0 Å². The number of piperazine rings is 1. The number of halogens is 1. The minimum Gasteiger partial charge on any atom is -0.368 e. The van der Waals surface area contributed by atoms with Crippen molar-refractivity contribution in [3.8, 4) is 0 Å². The number of nitrogens with two attached hydrogens (primary N) is 1. The molecule has 1 fully saturated rings. The fourth-order valence-electron chi connectivity index (χ4n) is 3.54. The molecule has 0 atom stereocenters. The lowest BCUT2D eigenvalue weighted by Gasteiger charge is -2.38. The van der Waals surface area contributed by atoms with Crippen molar-refractivity contribution in [2.75, 3.05) is 38.1 Å². The Labute approximate surface area is 190 Å². The first-order chi connectivity index (χ1) is 13.5. The zero-order valence-electron chi connectivity index (χ0n) is 17.3. The van der Waals surface area contributed by atoms with E-state index in [1.54, 1.807) is 12.1 Å². The predicted molar refractivity (Wildman–Crippen MR) is 130 cm³/mol. The Morgan fingerprint density at radius 3 is 2.31 bits per heavy atom. The summed E-state index contributed by atoms with van der Waals surface area (Å²) in [5.74, 6) is 0.497. The standard InChI is InChI=1S/C22H29N5O.HI/c1-16-5-4-6-20(17(16)2)26-11-13-27(14-12-26)22(24-3)25-15-18-7-9-19(10-8-18)21(23)28;/h4-10H,11-15H2,1-3H3,(H2,23,28)(H,24,25);1H. The molecule has 2 aromatic carbocycles. The summed E-state index contributed by atoms with van der Waals surface area (Å²) in [7, 11) is 1.82. The third-order valence-electron chi connectivity index (χ3n) is 5.40. The van der Waals surface area contributed by atoms with Crippen molar-refractivity contribution in [1.29, 1.82) is 0 Å². The first-order valence-corrected chi connectivity index (χ1v) is 9.65. The van der Waals surface area contributed by atoms with Crippen LogP contribution in [0.15, 0.2) is 47.5 Å². The Morgan fingerprint density at radius 1 is 1.07 bits per heavy atom. The smallest absolute Gasteiger partial charge is 0.248 e. The van der Waals surface area contributed by atoms with Crippen LogP contribution in [0.1, 0.15) is 27.0 Å². The monoisotopic (exact) mass is 507 g/mol. The maximum Gasteiger partial charge on any atom is 0.248 e. The van der Waals surface area contributed by atoms with E-state index < -0.39 is 5.91 Å². The van der Waals surface area contributed by atoms with Crippen molar-refractivity contribution in [3.63, 3.8) is 0 Å². The van der Waals surface area contributed by atoms with Gasteiger partial charge in [0.1, 0.15) is 0 Å². The number of benzene rings is 2. The van der Waals surface area contributed by atoms with Crippen molar-refractivity contribution >= 4 is 41.5 Å². The molecule has 1 aliphatic heterocycles. The first-order valence-electron chi connectivity index (χ1n) is 9.65. The Hall–Kier alpha value is -2.29. The quantitative estimate of drug-likeness (QED) is 0.379. The van der Waals surface area contributed by atoms with Crippen LogP contribution in [0.3, 0.4) is 0 Å². The highest BCUT2D eigenvalue weighted by molar-refractivity contribution is 14.0. The van der Waals surface area contributed by atoms with Gasteiger partial charge in [-0.05, 0) is 48.7 Å². The van der Waals surface area contributed by atoms with Gasteiger partial charge in [0, 0.05) is 51.0 Å². The molecule has 0 aliphatic carbocycles. The number of nitrogens with one attached hydrogen (secondary N) is 1. The van der Waals surface area contributed by atoms with Crippen LogP contribution in [0.2, 0.25) is 0 Å². The molecule has 0 unspecified atom stereocenters. The molecule has 7 heteroatoms. The van der Waals surface area contributed by atoms with Crippen molar-refractivity contribution in [1.82, 2.24) is 10.2 Å². The second-order valence-corrected chi connectivity index (χ2v) is 7.16. The van der Waals surface area contributed by atoms with E-state index in [1.165, 1.54) is 16.8 Å². The minimum atomic E-state index is -0.406. The Morgan fingerprint density at radius 2 is 1.72 bits per heavy atom. The van der Waals surface area contributed by atoms with E-state index in [1.807, 2.05) is 19.2 Å². The van der Waals surface area contributed by atoms with E-state index >= 15 is 0 Å². The minimum absolute atomic E-state index is 0. The Kier molecular flexibility index (Phi) is 8.31. The molecule has 0 bridgehead atoms. The van der Waals surface area contributed by atoms with Gasteiger partial charge in [-0.3, -0.25) is 9.79 Å². The molecule has 1 amide bonds. The number of carbonyl (C=O) groups is 1.